The summed E-state index contributed by atoms with van der Waals surface area (Å²) in [5, 5.41) is 17.9. The van der Waals surface area contributed by atoms with Gasteiger partial charge in [-0.2, -0.15) is 10.5 Å². The molecule has 17 heavy (non-hydrogen) atoms. The Hall–Kier alpha value is -1.85. The van der Waals surface area contributed by atoms with Crippen molar-refractivity contribution in [2.45, 2.75) is 37.8 Å². The highest BCUT2D eigenvalue weighted by Crippen LogP contribution is 2.31. The van der Waals surface area contributed by atoms with Crippen molar-refractivity contribution in [1.29, 1.82) is 10.5 Å². The SMILES string of the molecule is COC1CCCC(n2cnc(C#N)c2C#N)C1. The summed E-state index contributed by atoms with van der Waals surface area (Å²) in [7, 11) is 1.72. The van der Waals surface area contributed by atoms with Crippen molar-refractivity contribution in [3.05, 3.63) is 17.7 Å². The molecule has 1 aliphatic rings. The van der Waals surface area contributed by atoms with Gasteiger partial charge in [-0.3, -0.25) is 0 Å². The Balaban J connectivity index is 2.26. The van der Waals surface area contributed by atoms with Crippen LogP contribution < -0.4 is 0 Å². The molecule has 0 amide bonds. The number of nitriles is 2. The van der Waals surface area contributed by atoms with Crippen LogP contribution >= 0.6 is 0 Å². The van der Waals surface area contributed by atoms with Gasteiger partial charge in [-0.1, -0.05) is 0 Å². The average Bonchev–Trinajstić information content (AvgIpc) is 2.81. The number of aromatic nitrogens is 2. The summed E-state index contributed by atoms with van der Waals surface area (Å²) in [5.74, 6) is 0. The van der Waals surface area contributed by atoms with Crippen LogP contribution in [0.25, 0.3) is 0 Å². The predicted octanol–water partition coefficient (Wildman–Crippen LogP) is 1.76. The fourth-order valence-corrected chi connectivity index (χ4v) is 2.42. The van der Waals surface area contributed by atoms with E-state index in [2.05, 4.69) is 11.1 Å². The average molecular weight is 230 g/mol. The molecule has 2 atom stereocenters. The number of hydrogen-bond donors (Lipinski definition) is 0. The molecule has 0 bridgehead atoms. The Kier molecular flexibility index (Phi) is 3.41. The Labute approximate surface area is 100 Å². The summed E-state index contributed by atoms with van der Waals surface area (Å²) in [6, 6.07) is 4.23. The normalized spacial score (nSPS) is 23.9. The van der Waals surface area contributed by atoms with E-state index in [1.54, 1.807) is 13.4 Å². The van der Waals surface area contributed by atoms with Crippen molar-refractivity contribution in [3.8, 4) is 12.1 Å². The molecule has 0 spiro atoms. The lowest BCUT2D eigenvalue weighted by Crippen LogP contribution is -2.24. The van der Waals surface area contributed by atoms with Crippen molar-refractivity contribution in [1.82, 2.24) is 9.55 Å². The van der Waals surface area contributed by atoms with E-state index in [9.17, 15) is 0 Å². The predicted molar refractivity (Wildman–Crippen MR) is 60.0 cm³/mol. The van der Waals surface area contributed by atoms with Crippen LogP contribution in [-0.4, -0.2) is 22.8 Å². The van der Waals surface area contributed by atoms with Crippen molar-refractivity contribution in [2.24, 2.45) is 0 Å². The highest BCUT2D eigenvalue weighted by molar-refractivity contribution is 5.36. The zero-order valence-electron chi connectivity index (χ0n) is 9.76. The molecule has 1 fully saturated rings. The zero-order chi connectivity index (χ0) is 12.3. The minimum atomic E-state index is 0.215. The number of rotatable bonds is 2. The minimum Gasteiger partial charge on any atom is -0.381 e. The molecule has 0 saturated heterocycles. The van der Waals surface area contributed by atoms with Crippen LogP contribution in [0.15, 0.2) is 6.33 Å². The number of hydrogen-bond acceptors (Lipinski definition) is 4. The third kappa shape index (κ3) is 2.15. The number of imidazole rings is 1. The molecule has 0 radical (unpaired) electrons. The highest BCUT2D eigenvalue weighted by Gasteiger charge is 2.25. The maximum Gasteiger partial charge on any atom is 0.176 e. The third-order valence-corrected chi connectivity index (χ3v) is 3.33. The lowest BCUT2D eigenvalue weighted by molar-refractivity contribution is 0.0529. The molecule has 0 aromatic carbocycles. The van der Waals surface area contributed by atoms with Gasteiger partial charge in [0.05, 0.1) is 12.4 Å². The van der Waals surface area contributed by atoms with Gasteiger partial charge < -0.3 is 9.30 Å². The first-order valence-electron chi connectivity index (χ1n) is 5.70. The van der Waals surface area contributed by atoms with E-state index in [1.165, 1.54) is 0 Å². The largest absolute Gasteiger partial charge is 0.381 e. The molecule has 1 aromatic rings. The van der Waals surface area contributed by atoms with Crippen molar-refractivity contribution >= 4 is 0 Å². The molecular formula is C12H14N4O. The molecule has 1 aromatic heterocycles. The first kappa shape index (κ1) is 11.6. The third-order valence-electron chi connectivity index (χ3n) is 3.33. The summed E-state index contributed by atoms with van der Waals surface area (Å²) < 4.78 is 7.19. The van der Waals surface area contributed by atoms with Gasteiger partial charge in [0.25, 0.3) is 0 Å². The molecule has 5 heteroatoms. The highest BCUT2D eigenvalue weighted by atomic mass is 16.5. The van der Waals surface area contributed by atoms with Crippen LogP contribution in [0.1, 0.15) is 43.1 Å². The van der Waals surface area contributed by atoms with Crippen LogP contribution in [0.4, 0.5) is 0 Å². The van der Waals surface area contributed by atoms with Crippen LogP contribution in [0.2, 0.25) is 0 Å². The second-order valence-electron chi connectivity index (χ2n) is 4.25. The van der Waals surface area contributed by atoms with E-state index in [-0.39, 0.29) is 17.8 Å². The fourth-order valence-electron chi connectivity index (χ4n) is 2.42. The van der Waals surface area contributed by atoms with Gasteiger partial charge in [-0.15, -0.1) is 0 Å². The molecule has 0 aliphatic heterocycles. The lowest BCUT2D eigenvalue weighted by Gasteiger charge is -2.29. The first-order valence-corrected chi connectivity index (χ1v) is 5.70. The first-order chi connectivity index (χ1) is 8.30. The van der Waals surface area contributed by atoms with Gasteiger partial charge in [0.2, 0.25) is 0 Å². The maximum atomic E-state index is 9.08. The van der Waals surface area contributed by atoms with Gasteiger partial charge in [-0.25, -0.2) is 4.98 Å². The van der Waals surface area contributed by atoms with E-state index in [0.717, 1.165) is 25.7 Å². The van der Waals surface area contributed by atoms with E-state index in [1.807, 2.05) is 10.6 Å². The summed E-state index contributed by atoms with van der Waals surface area (Å²) in [5.41, 5.74) is 0.585. The van der Waals surface area contributed by atoms with Crippen LogP contribution in [-0.2, 0) is 4.74 Å². The standard InChI is InChI=1S/C12H14N4O/c1-17-10-4-2-3-9(5-10)16-8-15-11(6-13)12(16)7-14/h8-10H,2-5H2,1H3. The second kappa shape index (κ2) is 4.99. The second-order valence-corrected chi connectivity index (χ2v) is 4.25. The summed E-state index contributed by atoms with van der Waals surface area (Å²) in [6.07, 6.45) is 5.87. The molecule has 1 aliphatic carbocycles. The molecule has 2 rings (SSSR count). The molecule has 88 valence electrons. The monoisotopic (exact) mass is 230 g/mol. The molecular weight excluding hydrogens is 216 g/mol. The topological polar surface area (TPSA) is 74.6 Å². The molecule has 2 unspecified atom stereocenters. The van der Waals surface area contributed by atoms with Gasteiger partial charge in [0, 0.05) is 13.2 Å². The van der Waals surface area contributed by atoms with Crippen molar-refractivity contribution < 1.29 is 4.74 Å². The number of methoxy groups -OCH3 is 1. The Bertz CT molecular complexity index is 480. The smallest absolute Gasteiger partial charge is 0.176 e. The Morgan fingerprint density at radius 3 is 2.88 bits per heavy atom. The summed E-state index contributed by atoms with van der Waals surface area (Å²) in [6.45, 7) is 0. The quantitative estimate of drug-likeness (QED) is 0.775. The van der Waals surface area contributed by atoms with Gasteiger partial charge >= 0.3 is 0 Å². The Morgan fingerprint density at radius 1 is 1.41 bits per heavy atom. The lowest BCUT2D eigenvalue weighted by atomic mass is 9.92. The van der Waals surface area contributed by atoms with Crippen LogP contribution in [0.3, 0.4) is 0 Å². The molecule has 1 saturated carbocycles. The molecule has 5 nitrogen and oxygen atoms in total. The van der Waals surface area contributed by atoms with E-state index in [4.69, 9.17) is 15.3 Å². The number of ether oxygens (including phenoxy) is 1. The summed E-state index contributed by atoms with van der Waals surface area (Å²) >= 11 is 0. The number of nitrogens with zero attached hydrogens (tertiary/aromatic N) is 4. The van der Waals surface area contributed by atoms with E-state index >= 15 is 0 Å². The van der Waals surface area contributed by atoms with Gasteiger partial charge in [0.15, 0.2) is 11.4 Å². The molecule has 0 N–H and O–H groups in total. The van der Waals surface area contributed by atoms with E-state index in [0.29, 0.717) is 5.69 Å². The van der Waals surface area contributed by atoms with Crippen molar-refractivity contribution in [3.63, 3.8) is 0 Å². The maximum absolute atomic E-state index is 9.08. The van der Waals surface area contributed by atoms with Crippen molar-refractivity contribution in [2.75, 3.05) is 7.11 Å². The van der Waals surface area contributed by atoms with Gasteiger partial charge in [-0.05, 0) is 25.7 Å². The molecule has 1 heterocycles. The Morgan fingerprint density at radius 2 is 2.24 bits per heavy atom. The van der Waals surface area contributed by atoms with E-state index < -0.39 is 0 Å². The van der Waals surface area contributed by atoms with Crippen LogP contribution in [0, 0.1) is 22.7 Å². The minimum absolute atomic E-state index is 0.215. The fraction of sp³-hybridized carbons (Fsp3) is 0.583. The van der Waals surface area contributed by atoms with Crippen LogP contribution in [0.5, 0.6) is 0 Å². The van der Waals surface area contributed by atoms with Gasteiger partial charge in [0.1, 0.15) is 12.1 Å². The summed E-state index contributed by atoms with van der Waals surface area (Å²) in [4.78, 5) is 3.97. The zero-order valence-corrected chi connectivity index (χ0v) is 9.76.